The lowest BCUT2D eigenvalue weighted by Gasteiger charge is -2.29. The summed E-state index contributed by atoms with van der Waals surface area (Å²) in [7, 11) is 0. The highest BCUT2D eigenvalue weighted by Crippen LogP contribution is 2.34. The molecule has 0 spiro atoms. The molecule has 0 unspecified atom stereocenters. The molecule has 4 rings (SSSR count). The number of para-hydroxylation sites is 1. The molecule has 0 saturated carbocycles. The summed E-state index contributed by atoms with van der Waals surface area (Å²) >= 11 is 1.79. The van der Waals surface area contributed by atoms with Crippen molar-refractivity contribution < 1.29 is 9.59 Å². The smallest absolute Gasteiger partial charge is 0.227 e. The molecule has 1 aromatic carbocycles. The molecule has 1 N–H and O–H groups in total. The van der Waals surface area contributed by atoms with Crippen LogP contribution in [0.3, 0.4) is 0 Å². The highest BCUT2D eigenvalue weighted by Gasteiger charge is 2.31. The number of carbonyl (C=O) groups excluding carboxylic acids is 2. The second-order valence-electron chi connectivity index (χ2n) is 7.50. The first-order valence-electron chi connectivity index (χ1n) is 9.73. The van der Waals surface area contributed by atoms with E-state index >= 15 is 0 Å². The third kappa shape index (κ3) is 3.76. The first-order chi connectivity index (χ1) is 12.7. The van der Waals surface area contributed by atoms with Gasteiger partial charge in [-0.1, -0.05) is 12.1 Å². The average Bonchev–Trinajstić information content (AvgIpc) is 3.03. The number of nitrogens with one attached hydrogen (secondary N) is 1. The largest absolute Gasteiger partial charge is 0.343 e. The summed E-state index contributed by atoms with van der Waals surface area (Å²) in [5, 5.41) is 3.47. The van der Waals surface area contributed by atoms with E-state index in [4.69, 9.17) is 0 Å². The third-order valence-electron chi connectivity index (χ3n) is 5.95. The number of likely N-dealkylation sites (tertiary alicyclic amines) is 1. The van der Waals surface area contributed by atoms with Gasteiger partial charge < -0.3 is 15.1 Å². The Morgan fingerprint density at radius 2 is 1.69 bits per heavy atom. The molecule has 2 atom stereocenters. The zero-order chi connectivity index (χ0) is 17.9. The van der Waals surface area contributed by atoms with E-state index in [1.165, 1.54) is 0 Å². The summed E-state index contributed by atoms with van der Waals surface area (Å²) in [4.78, 5) is 30.4. The number of amides is 2. The Balaban J connectivity index is 1.31. The summed E-state index contributed by atoms with van der Waals surface area (Å²) in [5.41, 5.74) is 0.997. The van der Waals surface area contributed by atoms with Gasteiger partial charge >= 0.3 is 0 Å². The molecule has 2 amide bonds. The summed E-state index contributed by atoms with van der Waals surface area (Å²) in [6, 6.07) is 8.04. The van der Waals surface area contributed by atoms with E-state index < -0.39 is 0 Å². The summed E-state index contributed by atoms with van der Waals surface area (Å²) in [6.07, 6.45) is 2.82. The quantitative estimate of drug-likeness (QED) is 0.884. The molecule has 140 valence electrons. The number of nitrogens with zero attached hydrogens (tertiary/aromatic N) is 2. The predicted octanol–water partition coefficient (Wildman–Crippen LogP) is 2.36. The van der Waals surface area contributed by atoms with E-state index in [1.54, 1.807) is 11.8 Å². The van der Waals surface area contributed by atoms with Crippen molar-refractivity contribution in [2.24, 2.45) is 11.8 Å². The van der Waals surface area contributed by atoms with Gasteiger partial charge in [0.15, 0.2) is 0 Å². The van der Waals surface area contributed by atoms with Crippen molar-refractivity contribution in [2.75, 3.05) is 43.4 Å². The van der Waals surface area contributed by atoms with Gasteiger partial charge in [-0.25, -0.2) is 0 Å². The van der Waals surface area contributed by atoms with Crippen LogP contribution in [0.2, 0.25) is 0 Å². The number of fused-ring (bicyclic) bond motifs is 2. The van der Waals surface area contributed by atoms with E-state index in [0.29, 0.717) is 12.8 Å². The Morgan fingerprint density at radius 3 is 2.46 bits per heavy atom. The minimum Gasteiger partial charge on any atom is -0.343 e. The molecule has 6 heteroatoms. The number of rotatable bonds is 3. The second-order valence-corrected chi connectivity index (χ2v) is 8.63. The van der Waals surface area contributed by atoms with Crippen LogP contribution in [-0.2, 0) is 9.59 Å². The molecule has 5 nitrogen and oxygen atoms in total. The Morgan fingerprint density at radius 1 is 1.00 bits per heavy atom. The molecule has 2 fully saturated rings. The van der Waals surface area contributed by atoms with Gasteiger partial charge in [-0.05, 0) is 49.9 Å². The van der Waals surface area contributed by atoms with Crippen molar-refractivity contribution in [3.05, 3.63) is 24.3 Å². The minimum absolute atomic E-state index is 0.0713. The van der Waals surface area contributed by atoms with Gasteiger partial charge in [0, 0.05) is 43.1 Å². The van der Waals surface area contributed by atoms with Crippen LogP contribution in [0.1, 0.15) is 25.7 Å². The molecule has 3 aliphatic heterocycles. The summed E-state index contributed by atoms with van der Waals surface area (Å²) in [6.45, 7) is 4.61. The number of hydrogen-bond acceptors (Lipinski definition) is 4. The monoisotopic (exact) mass is 373 g/mol. The van der Waals surface area contributed by atoms with Crippen molar-refractivity contribution in [1.29, 1.82) is 0 Å². The minimum atomic E-state index is 0.0713. The fourth-order valence-corrected chi connectivity index (χ4v) is 5.40. The Labute approximate surface area is 159 Å². The zero-order valence-corrected chi connectivity index (χ0v) is 16.0. The molecule has 2 saturated heterocycles. The van der Waals surface area contributed by atoms with Crippen molar-refractivity contribution in [1.82, 2.24) is 10.2 Å². The first-order valence-corrected chi connectivity index (χ1v) is 10.7. The second kappa shape index (κ2) is 8.01. The van der Waals surface area contributed by atoms with Crippen molar-refractivity contribution >= 4 is 29.3 Å². The lowest BCUT2D eigenvalue weighted by molar-refractivity contribution is -0.133. The number of anilines is 1. The van der Waals surface area contributed by atoms with Gasteiger partial charge in [-0.15, -0.1) is 11.8 Å². The topological polar surface area (TPSA) is 52.7 Å². The number of benzene rings is 1. The SMILES string of the molecule is O=C(CCC(=O)N1CCSc2ccccc21)N1CC[C@@H]2CNC[C@@H]2CC1. The predicted molar refractivity (Wildman–Crippen MR) is 104 cm³/mol. The lowest BCUT2D eigenvalue weighted by Crippen LogP contribution is -2.37. The zero-order valence-electron chi connectivity index (χ0n) is 15.2. The van der Waals surface area contributed by atoms with Crippen molar-refractivity contribution in [3.8, 4) is 0 Å². The Kier molecular flexibility index (Phi) is 5.50. The van der Waals surface area contributed by atoms with Gasteiger partial charge in [0.2, 0.25) is 11.8 Å². The molecule has 3 heterocycles. The highest BCUT2D eigenvalue weighted by atomic mass is 32.2. The van der Waals surface area contributed by atoms with E-state index in [-0.39, 0.29) is 11.8 Å². The van der Waals surface area contributed by atoms with Gasteiger partial charge in [-0.2, -0.15) is 0 Å². The van der Waals surface area contributed by atoms with Crippen LogP contribution in [0.25, 0.3) is 0 Å². The molecule has 0 aromatic heterocycles. The van der Waals surface area contributed by atoms with Crippen LogP contribution >= 0.6 is 11.8 Å². The maximum absolute atomic E-state index is 12.7. The molecular formula is C20H27N3O2S. The average molecular weight is 374 g/mol. The van der Waals surface area contributed by atoms with Gasteiger partial charge in [0.05, 0.1) is 5.69 Å². The number of carbonyl (C=O) groups is 2. The molecule has 0 bridgehead atoms. The Bertz CT molecular complexity index is 667. The fourth-order valence-electron chi connectivity index (χ4n) is 4.40. The maximum Gasteiger partial charge on any atom is 0.227 e. The summed E-state index contributed by atoms with van der Waals surface area (Å²) < 4.78 is 0. The van der Waals surface area contributed by atoms with Crippen LogP contribution < -0.4 is 10.2 Å². The van der Waals surface area contributed by atoms with Crippen LogP contribution in [0.4, 0.5) is 5.69 Å². The molecule has 0 aliphatic carbocycles. The van der Waals surface area contributed by atoms with Gasteiger partial charge in [0.25, 0.3) is 0 Å². The molecule has 3 aliphatic rings. The van der Waals surface area contributed by atoms with Gasteiger partial charge in [0.1, 0.15) is 0 Å². The normalized spacial score (nSPS) is 25.4. The maximum atomic E-state index is 12.7. The van der Waals surface area contributed by atoms with Crippen molar-refractivity contribution in [2.45, 2.75) is 30.6 Å². The standard InChI is InChI=1S/C20H27N3O2S/c24-19(22-9-7-15-13-21-14-16(15)8-10-22)5-6-20(25)23-11-12-26-18-4-2-1-3-17(18)23/h1-4,15-16,21H,5-14H2/t15-,16+. The molecule has 0 radical (unpaired) electrons. The van der Waals surface area contributed by atoms with Crippen molar-refractivity contribution in [3.63, 3.8) is 0 Å². The fraction of sp³-hybridized carbons (Fsp3) is 0.600. The van der Waals surface area contributed by atoms with E-state index in [2.05, 4.69) is 11.4 Å². The lowest BCUT2D eigenvalue weighted by atomic mass is 9.92. The van der Waals surface area contributed by atoms with E-state index in [9.17, 15) is 9.59 Å². The molecular weight excluding hydrogens is 346 g/mol. The molecule has 26 heavy (non-hydrogen) atoms. The summed E-state index contributed by atoms with van der Waals surface area (Å²) in [5.74, 6) is 2.57. The van der Waals surface area contributed by atoms with E-state index in [1.807, 2.05) is 28.0 Å². The van der Waals surface area contributed by atoms with Gasteiger partial charge in [-0.3, -0.25) is 9.59 Å². The first kappa shape index (κ1) is 17.9. The number of hydrogen-bond donors (Lipinski definition) is 1. The van der Waals surface area contributed by atoms with Crippen LogP contribution in [0.15, 0.2) is 29.2 Å². The van der Waals surface area contributed by atoms with Crippen LogP contribution in [0.5, 0.6) is 0 Å². The third-order valence-corrected chi connectivity index (χ3v) is 7.00. The van der Waals surface area contributed by atoms with E-state index in [0.717, 1.165) is 73.7 Å². The van der Waals surface area contributed by atoms with Crippen LogP contribution in [-0.4, -0.2) is 55.2 Å². The molecule has 1 aromatic rings. The Hall–Kier alpha value is -1.53. The van der Waals surface area contributed by atoms with Crippen LogP contribution in [0, 0.1) is 11.8 Å². The number of thioether (sulfide) groups is 1. The highest BCUT2D eigenvalue weighted by molar-refractivity contribution is 7.99.